The zero-order valence-electron chi connectivity index (χ0n) is 9.91. The topological polar surface area (TPSA) is 26.3 Å². The molecule has 19 heavy (non-hydrogen) atoms. The van der Waals surface area contributed by atoms with E-state index in [1.54, 1.807) is 31.4 Å². The highest BCUT2D eigenvalue weighted by molar-refractivity contribution is 9.11. The number of ketones is 1. The van der Waals surface area contributed by atoms with Gasteiger partial charge in [-0.15, -0.1) is 0 Å². The molecule has 0 aliphatic rings. The molecule has 0 aliphatic heterocycles. The fourth-order valence-corrected chi connectivity index (χ4v) is 3.40. The molecule has 0 unspecified atom stereocenters. The molecule has 0 fully saturated rings. The molecule has 0 atom stereocenters. The predicted octanol–water partition coefficient (Wildman–Crippen LogP) is 5.21. The van der Waals surface area contributed by atoms with Gasteiger partial charge in [0, 0.05) is 20.1 Å². The van der Waals surface area contributed by atoms with Crippen molar-refractivity contribution in [3.05, 3.63) is 60.9 Å². The number of hydrogen-bond acceptors (Lipinski definition) is 2. The summed E-state index contributed by atoms with van der Waals surface area (Å²) in [6, 6.07) is 10.8. The van der Waals surface area contributed by atoms with Crippen molar-refractivity contribution in [2.75, 3.05) is 7.11 Å². The number of hydrogen-bond donors (Lipinski definition) is 0. The number of benzene rings is 2. The summed E-state index contributed by atoms with van der Waals surface area (Å²) in [5, 5.41) is 0. The maximum absolute atomic E-state index is 12.4. The van der Waals surface area contributed by atoms with Crippen molar-refractivity contribution >= 4 is 53.6 Å². The second-order valence-electron chi connectivity index (χ2n) is 3.80. The number of ether oxygens (including phenoxy) is 1. The summed E-state index contributed by atoms with van der Waals surface area (Å²) in [4.78, 5) is 12.4. The molecule has 0 spiro atoms. The number of rotatable bonds is 3. The Balaban J connectivity index is 2.41. The summed E-state index contributed by atoms with van der Waals surface area (Å²) >= 11 is 10.2. The van der Waals surface area contributed by atoms with Crippen molar-refractivity contribution in [1.82, 2.24) is 0 Å². The monoisotopic (exact) mass is 446 g/mol. The summed E-state index contributed by atoms with van der Waals surface area (Å²) in [6.45, 7) is 0. The largest absolute Gasteiger partial charge is 0.496 e. The Morgan fingerprint density at radius 3 is 2.32 bits per heavy atom. The van der Waals surface area contributed by atoms with E-state index in [0.29, 0.717) is 16.9 Å². The number of methoxy groups -OCH3 is 1. The Hall–Kier alpha value is -0.650. The molecule has 0 saturated heterocycles. The van der Waals surface area contributed by atoms with Crippen LogP contribution in [-0.4, -0.2) is 12.9 Å². The van der Waals surface area contributed by atoms with Crippen LogP contribution in [0.3, 0.4) is 0 Å². The molecule has 0 aliphatic carbocycles. The van der Waals surface area contributed by atoms with Crippen molar-refractivity contribution in [3.8, 4) is 5.75 Å². The smallest absolute Gasteiger partial charge is 0.194 e. The van der Waals surface area contributed by atoms with E-state index in [1.807, 2.05) is 12.1 Å². The first-order valence-corrected chi connectivity index (χ1v) is 7.74. The van der Waals surface area contributed by atoms with Gasteiger partial charge in [0.15, 0.2) is 5.78 Å². The lowest BCUT2D eigenvalue weighted by Gasteiger charge is -2.07. The average Bonchev–Trinajstić information content (AvgIpc) is 2.38. The molecule has 5 heteroatoms. The summed E-state index contributed by atoms with van der Waals surface area (Å²) in [5.74, 6) is 0.661. The fourth-order valence-electron chi connectivity index (χ4n) is 1.64. The van der Waals surface area contributed by atoms with E-state index in [2.05, 4.69) is 47.8 Å². The van der Waals surface area contributed by atoms with Gasteiger partial charge < -0.3 is 4.74 Å². The van der Waals surface area contributed by atoms with Crippen molar-refractivity contribution in [1.29, 1.82) is 0 Å². The Morgan fingerprint density at radius 2 is 1.74 bits per heavy atom. The van der Waals surface area contributed by atoms with Gasteiger partial charge in [0.25, 0.3) is 0 Å². The van der Waals surface area contributed by atoms with E-state index in [9.17, 15) is 4.79 Å². The van der Waals surface area contributed by atoms with Crippen LogP contribution in [-0.2, 0) is 0 Å². The van der Waals surface area contributed by atoms with E-state index in [4.69, 9.17) is 4.74 Å². The fraction of sp³-hybridized carbons (Fsp3) is 0.0714. The van der Waals surface area contributed by atoms with Crippen LogP contribution in [0.5, 0.6) is 5.75 Å². The Labute approximate surface area is 136 Å². The lowest BCUT2D eigenvalue weighted by atomic mass is 10.0. The molecule has 0 amide bonds. The molecule has 98 valence electrons. The Morgan fingerprint density at radius 1 is 1.00 bits per heavy atom. The van der Waals surface area contributed by atoms with Crippen LogP contribution < -0.4 is 4.74 Å². The SMILES string of the molecule is COc1ccc(C(=O)c2ccc(Br)cc2Br)cc1Br. The minimum Gasteiger partial charge on any atom is -0.496 e. The quantitative estimate of drug-likeness (QED) is 0.602. The van der Waals surface area contributed by atoms with Crippen LogP contribution in [0.4, 0.5) is 0 Å². The van der Waals surface area contributed by atoms with Gasteiger partial charge in [0.05, 0.1) is 11.6 Å². The van der Waals surface area contributed by atoms with Gasteiger partial charge in [-0.25, -0.2) is 0 Å². The van der Waals surface area contributed by atoms with Crippen LogP contribution in [0.2, 0.25) is 0 Å². The molecule has 2 rings (SSSR count). The molecule has 0 radical (unpaired) electrons. The molecule has 2 aromatic carbocycles. The average molecular weight is 449 g/mol. The minimum absolute atomic E-state index is 0.0391. The van der Waals surface area contributed by atoms with E-state index < -0.39 is 0 Å². The molecule has 2 aromatic rings. The van der Waals surface area contributed by atoms with Gasteiger partial charge in [-0.1, -0.05) is 15.9 Å². The highest BCUT2D eigenvalue weighted by atomic mass is 79.9. The Bertz CT molecular complexity index is 639. The molecule has 0 aromatic heterocycles. The van der Waals surface area contributed by atoms with Crippen molar-refractivity contribution < 1.29 is 9.53 Å². The molecule has 0 heterocycles. The van der Waals surface area contributed by atoms with Crippen LogP contribution in [0.1, 0.15) is 15.9 Å². The second-order valence-corrected chi connectivity index (χ2v) is 6.43. The molecular weight excluding hydrogens is 440 g/mol. The van der Waals surface area contributed by atoms with Crippen molar-refractivity contribution in [2.24, 2.45) is 0 Å². The number of carbonyl (C=O) groups is 1. The summed E-state index contributed by atoms with van der Waals surface area (Å²) in [5.41, 5.74) is 1.23. The summed E-state index contributed by atoms with van der Waals surface area (Å²) in [7, 11) is 1.59. The van der Waals surface area contributed by atoms with Gasteiger partial charge in [-0.2, -0.15) is 0 Å². The first-order chi connectivity index (χ1) is 9.02. The highest BCUT2D eigenvalue weighted by Crippen LogP contribution is 2.29. The van der Waals surface area contributed by atoms with Gasteiger partial charge in [0.2, 0.25) is 0 Å². The zero-order chi connectivity index (χ0) is 14.0. The van der Waals surface area contributed by atoms with Crippen LogP contribution in [0.15, 0.2) is 49.8 Å². The highest BCUT2D eigenvalue weighted by Gasteiger charge is 2.14. The van der Waals surface area contributed by atoms with Gasteiger partial charge in [-0.3, -0.25) is 4.79 Å². The Kier molecular flexibility index (Phi) is 4.81. The normalized spacial score (nSPS) is 10.3. The van der Waals surface area contributed by atoms with Gasteiger partial charge >= 0.3 is 0 Å². The second kappa shape index (κ2) is 6.20. The van der Waals surface area contributed by atoms with Crippen LogP contribution in [0, 0.1) is 0 Å². The van der Waals surface area contributed by atoms with E-state index in [0.717, 1.165) is 13.4 Å². The number of halogens is 3. The standard InChI is InChI=1S/C14H9Br3O2/c1-19-13-5-2-8(6-12(13)17)14(18)10-4-3-9(15)7-11(10)16/h2-7H,1H3. The van der Waals surface area contributed by atoms with E-state index in [-0.39, 0.29) is 5.78 Å². The predicted molar refractivity (Wildman–Crippen MR) is 86.0 cm³/mol. The molecular formula is C14H9Br3O2. The first-order valence-electron chi connectivity index (χ1n) is 5.36. The molecule has 0 N–H and O–H groups in total. The van der Waals surface area contributed by atoms with Crippen LogP contribution in [0.25, 0.3) is 0 Å². The zero-order valence-corrected chi connectivity index (χ0v) is 14.7. The molecule has 2 nitrogen and oxygen atoms in total. The van der Waals surface area contributed by atoms with Crippen molar-refractivity contribution in [3.63, 3.8) is 0 Å². The molecule has 0 saturated carbocycles. The summed E-state index contributed by atoms with van der Waals surface area (Å²) < 4.78 is 7.60. The lowest BCUT2D eigenvalue weighted by molar-refractivity contribution is 0.103. The van der Waals surface area contributed by atoms with E-state index >= 15 is 0 Å². The van der Waals surface area contributed by atoms with Crippen molar-refractivity contribution in [2.45, 2.75) is 0 Å². The minimum atomic E-state index is -0.0391. The third-order valence-electron chi connectivity index (χ3n) is 2.59. The maximum Gasteiger partial charge on any atom is 0.194 e. The first kappa shape index (κ1) is 14.8. The van der Waals surface area contributed by atoms with Gasteiger partial charge in [0.1, 0.15) is 5.75 Å². The van der Waals surface area contributed by atoms with Crippen LogP contribution >= 0.6 is 47.8 Å². The number of carbonyl (C=O) groups excluding carboxylic acids is 1. The summed E-state index contributed by atoms with van der Waals surface area (Å²) in [6.07, 6.45) is 0. The van der Waals surface area contributed by atoms with E-state index in [1.165, 1.54) is 0 Å². The van der Waals surface area contributed by atoms with Gasteiger partial charge in [-0.05, 0) is 68.3 Å². The maximum atomic E-state index is 12.4. The third-order valence-corrected chi connectivity index (χ3v) is 4.36. The third kappa shape index (κ3) is 3.27. The lowest BCUT2D eigenvalue weighted by Crippen LogP contribution is -2.02. The molecule has 0 bridgehead atoms.